The van der Waals surface area contributed by atoms with E-state index in [1.807, 2.05) is 6.07 Å². The molecule has 1 aliphatic carbocycles. The molecule has 0 saturated heterocycles. The summed E-state index contributed by atoms with van der Waals surface area (Å²) in [5.41, 5.74) is 7.10. The zero-order valence-electron chi connectivity index (χ0n) is 6.13. The van der Waals surface area contributed by atoms with Gasteiger partial charge in [0.25, 0.3) is 0 Å². The average molecular weight is 212 g/mol. The van der Waals surface area contributed by atoms with E-state index < -0.39 is 0 Å². The quantitative estimate of drug-likeness (QED) is 0.759. The number of nitrogens with two attached hydrogens (primary N) is 1. The van der Waals surface area contributed by atoms with E-state index in [0.717, 1.165) is 10.9 Å². The van der Waals surface area contributed by atoms with Gasteiger partial charge in [-0.15, -0.1) is 0 Å². The Balaban J connectivity index is 2.25. The van der Waals surface area contributed by atoms with Gasteiger partial charge in [-0.25, -0.2) is 0 Å². The van der Waals surface area contributed by atoms with Crippen LogP contribution in [0.1, 0.15) is 17.9 Å². The topological polar surface area (TPSA) is 26.0 Å². The number of rotatable bonds is 1. The molecule has 2 N–H and O–H groups in total. The first-order chi connectivity index (χ1) is 5.27. The van der Waals surface area contributed by atoms with Crippen LogP contribution in [0, 0.1) is 0 Å². The van der Waals surface area contributed by atoms with Crippen molar-refractivity contribution < 1.29 is 0 Å². The van der Waals surface area contributed by atoms with E-state index in [9.17, 15) is 0 Å². The summed E-state index contributed by atoms with van der Waals surface area (Å²) in [6.45, 7) is 0. The van der Waals surface area contributed by atoms with Gasteiger partial charge in [0.2, 0.25) is 0 Å². The van der Waals surface area contributed by atoms with E-state index in [1.165, 1.54) is 5.56 Å². The van der Waals surface area contributed by atoms with Crippen LogP contribution in [0.2, 0.25) is 0 Å². The third kappa shape index (κ3) is 1.47. The molecule has 11 heavy (non-hydrogen) atoms. The van der Waals surface area contributed by atoms with E-state index in [4.69, 9.17) is 5.73 Å². The SMILES string of the molecule is N[C@@H]1C[C@@H]1c1cccc(Br)c1. The van der Waals surface area contributed by atoms with Crippen molar-refractivity contribution in [2.24, 2.45) is 5.73 Å². The predicted molar refractivity (Wildman–Crippen MR) is 49.5 cm³/mol. The molecule has 1 aromatic rings. The summed E-state index contributed by atoms with van der Waals surface area (Å²) in [5.74, 6) is 0.618. The lowest BCUT2D eigenvalue weighted by Gasteiger charge is -1.97. The molecule has 1 saturated carbocycles. The molecule has 0 bridgehead atoms. The third-order valence-corrected chi connectivity index (χ3v) is 2.61. The Morgan fingerprint density at radius 2 is 2.18 bits per heavy atom. The molecule has 1 aliphatic rings. The van der Waals surface area contributed by atoms with Crippen LogP contribution >= 0.6 is 15.9 Å². The molecule has 2 rings (SSSR count). The number of benzene rings is 1. The van der Waals surface area contributed by atoms with Crippen LogP contribution in [0.5, 0.6) is 0 Å². The van der Waals surface area contributed by atoms with E-state index in [0.29, 0.717) is 12.0 Å². The molecule has 2 heteroatoms. The molecule has 0 radical (unpaired) electrons. The molecule has 1 fully saturated rings. The van der Waals surface area contributed by atoms with Gasteiger partial charge in [0, 0.05) is 16.4 Å². The Kier molecular flexibility index (Phi) is 1.74. The Morgan fingerprint density at radius 1 is 1.45 bits per heavy atom. The normalized spacial score (nSPS) is 28.5. The minimum atomic E-state index is 0.407. The van der Waals surface area contributed by atoms with E-state index in [1.54, 1.807) is 0 Å². The Bertz CT molecular complexity index is 272. The van der Waals surface area contributed by atoms with Crippen molar-refractivity contribution in [3.8, 4) is 0 Å². The van der Waals surface area contributed by atoms with Gasteiger partial charge in [-0.2, -0.15) is 0 Å². The first-order valence-electron chi connectivity index (χ1n) is 3.78. The van der Waals surface area contributed by atoms with Crippen LogP contribution in [0.4, 0.5) is 0 Å². The number of hydrogen-bond donors (Lipinski definition) is 1. The number of halogens is 1. The third-order valence-electron chi connectivity index (χ3n) is 2.12. The van der Waals surface area contributed by atoms with Gasteiger partial charge in [-0.05, 0) is 24.1 Å². The highest BCUT2D eigenvalue weighted by atomic mass is 79.9. The Hall–Kier alpha value is -0.340. The lowest BCUT2D eigenvalue weighted by Crippen LogP contribution is -2.00. The van der Waals surface area contributed by atoms with Gasteiger partial charge in [0.1, 0.15) is 0 Å². The molecule has 2 atom stereocenters. The minimum Gasteiger partial charge on any atom is -0.327 e. The highest BCUT2D eigenvalue weighted by Gasteiger charge is 2.34. The van der Waals surface area contributed by atoms with Crippen molar-refractivity contribution in [2.75, 3.05) is 0 Å². The Labute approximate surface area is 74.7 Å². The second-order valence-corrected chi connectivity index (χ2v) is 3.98. The molecule has 1 aromatic carbocycles. The second-order valence-electron chi connectivity index (χ2n) is 3.06. The predicted octanol–water partition coefficient (Wildman–Crippen LogP) is 2.26. The van der Waals surface area contributed by atoms with Crippen LogP contribution in [-0.4, -0.2) is 6.04 Å². The molecule has 0 aromatic heterocycles. The molecule has 0 unspecified atom stereocenters. The van der Waals surface area contributed by atoms with Gasteiger partial charge < -0.3 is 5.73 Å². The van der Waals surface area contributed by atoms with Crippen LogP contribution in [0.15, 0.2) is 28.7 Å². The first kappa shape index (κ1) is 7.32. The summed E-state index contributed by atoms with van der Waals surface area (Å²) in [4.78, 5) is 0. The summed E-state index contributed by atoms with van der Waals surface area (Å²) >= 11 is 3.44. The van der Waals surface area contributed by atoms with Crippen molar-refractivity contribution in [3.05, 3.63) is 34.3 Å². The van der Waals surface area contributed by atoms with Crippen molar-refractivity contribution in [1.82, 2.24) is 0 Å². The molecule has 0 heterocycles. The summed E-state index contributed by atoms with van der Waals surface area (Å²) < 4.78 is 1.15. The van der Waals surface area contributed by atoms with Gasteiger partial charge in [0.15, 0.2) is 0 Å². The first-order valence-corrected chi connectivity index (χ1v) is 4.58. The summed E-state index contributed by atoms with van der Waals surface area (Å²) in [7, 11) is 0. The van der Waals surface area contributed by atoms with E-state index in [-0.39, 0.29) is 0 Å². The fourth-order valence-electron chi connectivity index (χ4n) is 1.34. The molecule has 58 valence electrons. The standard InChI is InChI=1S/C9H10BrN/c10-7-3-1-2-6(4-7)8-5-9(8)11/h1-4,8-9H,5,11H2/t8-,9-/m1/s1. The van der Waals surface area contributed by atoms with E-state index in [2.05, 4.69) is 34.1 Å². The molecule has 0 amide bonds. The molecule has 0 spiro atoms. The fraction of sp³-hybridized carbons (Fsp3) is 0.333. The van der Waals surface area contributed by atoms with Gasteiger partial charge >= 0.3 is 0 Å². The van der Waals surface area contributed by atoms with Gasteiger partial charge in [0.05, 0.1) is 0 Å². The van der Waals surface area contributed by atoms with Crippen molar-refractivity contribution in [3.63, 3.8) is 0 Å². The summed E-state index contributed by atoms with van der Waals surface area (Å²) in [6.07, 6.45) is 1.15. The maximum absolute atomic E-state index is 5.73. The van der Waals surface area contributed by atoms with E-state index >= 15 is 0 Å². The average Bonchev–Trinajstić information content (AvgIpc) is 2.67. The summed E-state index contributed by atoms with van der Waals surface area (Å²) in [6, 6.07) is 8.80. The van der Waals surface area contributed by atoms with Crippen LogP contribution in [0.3, 0.4) is 0 Å². The number of hydrogen-bond acceptors (Lipinski definition) is 1. The molecule has 1 nitrogen and oxygen atoms in total. The fourth-order valence-corrected chi connectivity index (χ4v) is 1.75. The van der Waals surface area contributed by atoms with Crippen LogP contribution in [-0.2, 0) is 0 Å². The van der Waals surface area contributed by atoms with Crippen molar-refractivity contribution in [2.45, 2.75) is 18.4 Å². The summed E-state index contributed by atoms with van der Waals surface area (Å²) in [5, 5.41) is 0. The zero-order valence-corrected chi connectivity index (χ0v) is 7.71. The van der Waals surface area contributed by atoms with Gasteiger partial charge in [-0.1, -0.05) is 28.1 Å². The molecular weight excluding hydrogens is 202 g/mol. The molecular formula is C9H10BrN. The lowest BCUT2D eigenvalue weighted by molar-refractivity contribution is 0.989. The van der Waals surface area contributed by atoms with Crippen molar-refractivity contribution >= 4 is 15.9 Å². The lowest BCUT2D eigenvalue weighted by atomic mass is 10.1. The second kappa shape index (κ2) is 2.61. The maximum atomic E-state index is 5.73. The highest BCUT2D eigenvalue weighted by molar-refractivity contribution is 9.10. The minimum absolute atomic E-state index is 0.407. The molecule has 0 aliphatic heterocycles. The van der Waals surface area contributed by atoms with Crippen LogP contribution in [0.25, 0.3) is 0 Å². The van der Waals surface area contributed by atoms with Gasteiger partial charge in [-0.3, -0.25) is 0 Å². The van der Waals surface area contributed by atoms with Crippen molar-refractivity contribution in [1.29, 1.82) is 0 Å². The van der Waals surface area contributed by atoms with Crippen LogP contribution < -0.4 is 5.73 Å². The zero-order chi connectivity index (χ0) is 7.84. The highest BCUT2D eigenvalue weighted by Crippen LogP contribution is 2.39. The largest absolute Gasteiger partial charge is 0.327 e. The smallest absolute Gasteiger partial charge is 0.0178 e. The monoisotopic (exact) mass is 211 g/mol. The Morgan fingerprint density at radius 3 is 2.73 bits per heavy atom. The maximum Gasteiger partial charge on any atom is 0.0178 e.